The maximum atomic E-state index is 12.9. The standard InChI is InChI=1S/C19H28N2O4/c1-18(2,3)20-16(22)12-21(6)17(23)19(4,5)13-7-8-14-15(11-13)25-10-9-24-14/h7-8,11H,9-10,12H2,1-6H3,(H,20,22). The van der Waals surface area contributed by atoms with Crippen LogP contribution < -0.4 is 14.8 Å². The number of rotatable bonds is 4. The zero-order chi connectivity index (χ0) is 18.8. The van der Waals surface area contributed by atoms with Crippen molar-refractivity contribution in [2.75, 3.05) is 26.8 Å². The Hall–Kier alpha value is -2.24. The number of carbonyl (C=O) groups excluding carboxylic acids is 2. The Balaban J connectivity index is 2.12. The molecule has 0 saturated carbocycles. The Labute approximate surface area is 149 Å². The van der Waals surface area contributed by atoms with Gasteiger partial charge >= 0.3 is 0 Å². The highest BCUT2D eigenvalue weighted by molar-refractivity contribution is 5.91. The fraction of sp³-hybridized carbons (Fsp3) is 0.579. The molecule has 0 saturated heterocycles. The zero-order valence-electron chi connectivity index (χ0n) is 15.9. The van der Waals surface area contributed by atoms with Crippen LogP contribution in [0.1, 0.15) is 40.2 Å². The van der Waals surface area contributed by atoms with Gasteiger partial charge in [0.15, 0.2) is 11.5 Å². The molecule has 0 fully saturated rings. The molecule has 6 nitrogen and oxygen atoms in total. The van der Waals surface area contributed by atoms with E-state index in [1.165, 1.54) is 4.90 Å². The van der Waals surface area contributed by atoms with E-state index in [4.69, 9.17) is 9.47 Å². The van der Waals surface area contributed by atoms with Crippen molar-refractivity contribution in [3.8, 4) is 11.5 Å². The number of amides is 2. The predicted molar refractivity (Wildman–Crippen MR) is 96.0 cm³/mol. The van der Waals surface area contributed by atoms with Crippen LogP contribution in [0, 0.1) is 0 Å². The molecule has 6 heteroatoms. The van der Waals surface area contributed by atoms with Gasteiger partial charge in [0.05, 0.1) is 12.0 Å². The summed E-state index contributed by atoms with van der Waals surface area (Å²) in [5.74, 6) is 1.03. The molecule has 2 rings (SSSR count). The number of hydrogen-bond acceptors (Lipinski definition) is 4. The minimum Gasteiger partial charge on any atom is -0.486 e. The van der Waals surface area contributed by atoms with Crippen molar-refractivity contribution in [3.63, 3.8) is 0 Å². The van der Waals surface area contributed by atoms with Gasteiger partial charge in [-0.2, -0.15) is 0 Å². The molecule has 0 spiro atoms. The van der Waals surface area contributed by atoms with Crippen LogP contribution in [0.15, 0.2) is 18.2 Å². The van der Waals surface area contributed by atoms with Gasteiger partial charge in [-0.15, -0.1) is 0 Å². The molecule has 0 aromatic heterocycles. The maximum absolute atomic E-state index is 12.9. The molecule has 1 N–H and O–H groups in total. The van der Waals surface area contributed by atoms with Crippen LogP contribution in [-0.2, 0) is 15.0 Å². The molecule has 0 radical (unpaired) electrons. The minimum absolute atomic E-state index is 0.0179. The second kappa shape index (κ2) is 6.94. The molecule has 1 heterocycles. The van der Waals surface area contributed by atoms with Crippen LogP contribution in [0.3, 0.4) is 0 Å². The summed E-state index contributed by atoms with van der Waals surface area (Å²) in [4.78, 5) is 26.5. The lowest BCUT2D eigenvalue weighted by atomic mass is 9.83. The van der Waals surface area contributed by atoms with Gasteiger partial charge in [0.25, 0.3) is 0 Å². The Morgan fingerprint density at radius 1 is 1.08 bits per heavy atom. The summed E-state index contributed by atoms with van der Waals surface area (Å²) in [7, 11) is 1.64. The molecular weight excluding hydrogens is 320 g/mol. The summed E-state index contributed by atoms with van der Waals surface area (Å²) in [5, 5.41) is 2.87. The van der Waals surface area contributed by atoms with Gasteiger partial charge in [0.2, 0.25) is 11.8 Å². The number of fused-ring (bicyclic) bond motifs is 1. The van der Waals surface area contributed by atoms with Gasteiger partial charge in [0.1, 0.15) is 13.2 Å². The number of hydrogen-bond donors (Lipinski definition) is 1. The van der Waals surface area contributed by atoms with E-state index >= 15 is 0 Å². The fourth-order valence-corrected chi connectivity index (χ4v) is 2.78. The summed E-state index contributed by atoms with van der Waals surface area (Å²) in [6, 6.07) is 5.54. The predicted octanol–water partition coefficient (Wildman–Crippen LogP) is 2.11. The number of likely N-dealkylation sites (N-methyl/N-ethyl adjacent to an activating group) is 1. The third-order valence-corrected chi connectivity index (χ3v) is 4.04. The number of nitrogens with one attached hydrogen (secondary N) is 1. The van der Waals surface area contributed by atoms with Crippen molar-refractivity contribution in [1.29, 1.82) is 0 Å². The second-order valence-corrected chi connectivity index (χ2v) is 7.94. The lowest BCUT2D eigenvalue weighted by molar-refractivity contribution is -0.139. The van der Waals surface area contributed by atoms with Gasteiger partial charge in [-0.25, -0.2) is 0 Å². The summed E-state index contributed by atoms with van der Waals surface area (Å²) in [5.41, 5.74) is -0.288. The smallest absolute Gasteiger partial charge is 0.240 e. The van der Waals surface area contributed by atoms with Crippen molar-refractivity contribution in [2.45, 2.75) is 45.6 Å². The van der Waals surface area contributed by atoms with Crippen LogP contribution in [0.2, 0.25) is 0 Å². The molecule has 2 amide bonds. The Morgan fingerprint density at radius 2 is 1.68 bits per heavy atom. The van der Waals surface area contributed by atoms with Crippen molar-refractivity contribution in [2.24, 2.45) is 0 Å². The third-order valence-electron chi connectivity index (χ3n) is 4.04. The number of nitrogens with zero attached hydrogens (tertiary/aromatic N) is 1. The zero-order valence-corrected chi connectivity index (χ0v) is 15.9. The third kappa shape index (κ3) is 4.65. The van der Waals surface area contributed by atoms with E-state index in [0.29, 0.717) is 24.7 Å². The highest BCUT2D eigenvalue weighted by Gasteiger charge is 2.34. The van der Waals surface area contributed by atoms with Gasteiger partial charge in [-0.3, -0.25) is 9.59 Å². The van der Waals surface area contributed by atoms with Crippen molar-refractivity contribution in [1.82, 2.24) is 10.2 Å². The lowest BCUT2D eigenvalue weighted by Crippen LogP contribution is -2.49. The highest BCUT2D eigenvalue weighted by Crippen LogP contribution is 2.35. The molecular formula is C19H28N2O4. The molecule has 1 aromatic carbocycles. The average molecular weight is 348 g/mol. The van der Waals surface area contributed by atoms with Crippen LogP contribution in [0.25, 0.3) is 0 Å². The Morgan fingerprint density at radius 3 is 2.28 bits per heavy atom. The highest BCUT2D eigenvalue weighted by atomic mass is 16.6. The van der Waals surface area contributed by atoms with Gasteiger partial charge in [-0.1, -0.05) is 6.07 Å². The summed E-state index contributed by atoms with van der Waals surface area (Å²) in [6.45, 7) is 10.5. The van der Waals surface area contributed by atoms with E-state index in [9.17, 15) is 9.59 Å². The first-order chi connectivity index (χ1) is 11.5. The first kappa shape index (κ1) is 19.1. The topological polar surface area (TPSA) is 67.9 Å². The monoisotopic (exact) mass is 348 g/mol. The molecule has 0 aliphatic carbocycles. The first-order valence-corrected chi connectivity index (χ1v) is 8.47. The van der Waals surface area contributed by atoms with Crippen LogP contribution in [0.4, 0.5) is 0 Å². The van der Waals surface area contributed by atoms with Crippen molar-refractivity contribution < 1.29 is 19.1 Å². The SMILES string of the molecule is CN(CC(=O)NC(C)(C)C)C(=O)C(C)(C)c1ccc2c(c1)OCCO2. The van der Waals surface area contributed by atoms with E-state index in [1.807, 2.05) is 52.8 Å². The van der Waals surface area contributed by atoms with Gasteiger partial charge < -0.3 is 19.7 Å². The Kier molecular flexibility index (Phi) is 5.30. The summed E-state index contributed by atoms with van der Waals surface area (Å²) < 4.78 is 11.1. The molecule has 0 bridgehead atoms. The first-order valence-electron chi connectivity index (χ1n) is 8.47. The lowest BCUT2D eigenvalue weighted by Gasteiger charge is -2.31. The number of carbonyl (C=O) groups is 2. The maximum Gasteiger partial charge on any atom is 0.240 e. The van der Waals surface area contributed by atoms with Crippen molar-refractivity contribution in [3.05, 3.63) is 23.8 Å². The van der Waals surface area contributed by atoms with E-state index in [2.05, 4.69) is 5.32 Å². The Bertz CT molecular complexity index is 662. The minimum atomic E-state index is -0.785. The summed E-state index contributed by atoms with van der Waals surface area (Å²) in [6.07, 6.45) is 0. The molecule has 0 atom stereocenters. The molecule has 25 heavy (non-hydrogen) atoms. The molecule has 1 aliphatic rings. The fourth-order valence-electron chi connectivity index (χ4n) is 2.78. The van der Waals surface area contributed by atoms with Crippen LogP contribution in [-0.4, -0.2) is 49.1 Å². The molecule has 1 aliphatic heterocycles. The number of benzene rings is 1. The van der Waals surface area contributed by atoms with Crippen molar-refractivity contribution >= 4 is 11.8 Å². The molecule has 1 aromatic rings. The normalized spacial score (nSPS) is 14.0. The van der Waals surface area contributed by atoms with E-state index in [0.717, 1.165) is 5.56 Å². The quantitative estimate of drug-likeness (QED) is 0.905. The van der Waals surface area contributed by atoms with Gasteiger partial charge in [-0.05, 0) is 52.3 Å². The van der Waals surface area contributed by atoms with Crippen LogP contribution in [0.5, 0.6) is 11.5 Å². The average Bonchev–Trinajstić information content (AvgIpc) is 2.51. The summed E-state index contributed by atoms with van der Waals surface area (Å²) >= 11 is 0. The molecule has 138 valence electrons. The van der Waals surface area contributed by atoms with E-state index in [-0.39, 0.29) is 23.9 Å². The number of ether oxygens (including phenoxy) is 2. The van der Waals surface area contributed by atoms with E-state index < -0.39 is 5.41 Å². The van der Waals surface area contributed by atoms with Gasteiger partial charge in [0, 0.05) is 12.6 Å². The largest absolute Gasteiger partial charge is 0.486 e. The van der Waals surface area contributed by atoms with E-state index in [1.54, 1.807) is 7.05 Å². The van der Waals surface area contributed by atoms with Crippen LogP contribution >= 0.6 is 0 Å². The molecule has 0 unspecified atom stereocenters. The second-order valence-electron chi connectivity index (χ2n) is 7.94.